The van der Waals surface area contributed by atoms with Crippen LogP contribution in [0, 0.1) is 0 Å². The molecule has 5 heteroatoms. The highest BCUT2D eigenvalue weighted by Crippen LogP contribution is 2.26. The third-order valence-electron chi connectivity index (χ3n) is 1.96. The monoisotopic (exact) mass is 209 g/mol. The normalized spacial score (nSPS) is 11.1. The van der Waals surface area contributed by atoms with Crippen molar-refractivity contribution in [2.45, 2.75) is 19.8 Å². The Morgan fingerprint density at radius 1 is 1.50 bits per heavy atom. The van der Waals surface area contributed by atoms with Crippen LogP contribution in [0.1, 0.15) is 25.5 Å². The van der Waals surface area contributed by atoms with Gasteiger partial charge in [0.2, 0.25) is 5.88 Å². The number of thiazole rings is 1. The lowest BCUT2D eigenvalue weighted by atomic mass is 10.1. The Kier molecular flexibility index (Phi) is 2.25. The highest BCUT2D eigenvalue weighted by atomic mass is 32.1. The number of aromatic hydroxyl groups is 1. The molecular formula is C9H11N3OS. The Balaban J connectivity index is 2.43. The molecule has 0 saturated carbocycles. The van der Waals surface area contributed by atoms with Gasteiger partial charge in [0.25, 0.3) is 0 Å². The van der Waals surface area contributed by atoms with E-state index in [1.54, 1.807) is 5.51 Å². The molecule has 0 fully saturated rings. The van der Waals surface area contributed by atoms with Crippen molar-refractivity contribution in [3.63, 3.8) is 0 Å². The fourth-order valence-corrected chi connectivity index (χ4v) is 1.77. The lowest BCUT2D eigenvalue weighted by Gasteiger charge is -1.99. The highest BCUT2D eigenvalue weighted by Gasteiger charge is 2.13. The van der Waals surface area contributed by atoms with Crippen LogP contribution in [0.4, 0.5) is 0 Å². The molecule has 0 aliphatic carbocycles. The molecule has 2 N–H and O–H groups in total. The molecule has 2 aromatic heterocycles. The van der Waals surface area contributed by atoms with E-state index in [4.69, 9.17) is 0 Å². The minimum absolute atomic E-state index is 0.0722. The minimum atomic E-state index is 0.0722. The SMILES string of the molecule is CC(C)c1[nH]c(-c2cscn2)nc1O. The fraction of sp³-hybridized carbons (Fsp3) is 0.333. The zero-order valence-electron chi connectivity index (χ0n) is 7.98. The van der Waals surface area contributed by atoms with Crippen molar-refractivity contribution in [3.05, 3.63) is 16.6 Å². The van der Waals surface area contributed by atoms with Gasteiger partial charge in [-0.15, -0.1) is 11.3 Å². The first-order valence-electron chi connectivity index (χ1n) is 4.36. The topological polar surface area (TPSA) is 61.8 Å². The molecule has 74 valence electrons. The first kappa shape index (κ1) is 9.21. The summed E-state index contributed by atoms with van der Waals surface area (Å²) in [7, 11) is 0. The molecule has 2 heterocycles. The number of rotatable bonds is 2. The van der Waals surface area contributed by atoms with Crippen molar-refractivity contribution in [1.82, 2.24) is 15.0 Å². The second-order valence-electron chi connectivity index (χ2n) is 3.35. The summed E-state index contributed by atoms with van der Waals surface area (Å²) in [6.45, 7) is 4.00. The van der Waals surface area contributed by atoms with Crippen molar-refractivity contribution in [1.29, 1.82) is 0 Å². The van der Waals surface area contributed by atoms with Gasteiger partial charge in [-0.2, -0.15) is 4.98 Å². The van der Waals surface area contributed by atoms with Crippen LogP contribution < -0.4 is 0 Å². The first-order valence-corrected chi connectivity index (χ1v) is 5.30. The molecule has 0 bridgehead atoms. The van der Waals surface area contributed by atoms with Gasteiger partial charge in [-0.05, 0) is 5.92 Å². The maximum absolute atomic E-state index is 9.53. The van der Waals surface area contributed by atoms with E-state index in [9.17, 15) is 5.11 Å². The molecule has 0 aromatic carbocycles. The molecule has 4 nitrogen and oxygen atoms in total. The van der Waals surface area contributed by atoms with Crippen LogP contribution in [-0.4, -0.2) is 20.1 Å². The van der Waals surface area contributed by atoms with Crippen molar-refractivity contribution >= 4 is 11.3 Å². The van der Waals surface area contributed by atoms with Gasteiger partial charge in [-0.1, -0.05) is 13.8 Å². The molecule has 0 unspecified atom stereocenters. The van der Waals surface area contributed by atoms with Crippen LogP contribution in [0.3, 0.4) is 0 Å². The molecule has 2 rings (SSSR count). The van der Waals surface area contributed by atoms with Gasteiger partial charge in [0.1, 0.15) is 5.69 Å². The number of hydrogen-bond acceptors (Lipinski definition) is 4. The lowest BCUT2D eigenvalue weighted by Crippen LogP contribution is -1.87. The molecule has 0 radical (unpaired) electrons. The number of nitrogens with zero attached hydrogens (tertiary/aromatic N) is 2. The standard InChI is InChI=1S/C9H11N3OS/c1-5(2)7-9(13)12-8(11-7)6-3-14-4-10-6/h3-5,13H,1-2H3,(H,11,12). The second kappa shape index (κ2) is 3.42. The van der Waals surface area contributed by atoms with E-state index < -0.39 is 0 Å². The number of aromatic nitrogens is 3. The van der Waals surface area contributed by atoms with Gasteiger partial charge in [0, 0.05) is 5.38 Å². The summed E-state index contributed by atoms with van der Waals surface area (Å²) < 4.78 is 0. The maximum Gasteiger partial charge on any atom is 0.233 e. The maximum atomic E-state index is 9.53. The zero-order chi connectivity index (χ0) is 10.1. The van der Waals surface area contributed by atoms with E-state index in [0.29, 0.717) is 5.82 Å². The summed E-state index contributed by atoms with van der Waals surface area (Å²) in [5.41, 5.74) is 3.27. The smallest absolute Gasteiger partial charge is 0.233 e. The van der Waals surface area contributed by atoms with Crippen molar-refractivity contribution in [3.8, 4) is 17.4 Å². The Bertz CT molecular complexity index is 419. The third kappa shape index (κ3) is 1.50. The van der Waals surface area contributed by atoms with Gasteiger partial charge in [-0.3, -0.25) is 0 Å². The summed E-state index contributed by atoms with van der Waals surface area (Å²) in [5.74, 6) is 0.935. The largest absolute Gasteiger partial charge is 0.492 e. The van der Waals surface area contributed by atoms with E-state index in [1.165, 1.54) is 11.3 Å². The van der Waals surface area contributed by atoms with E-state index in [0.717, 1.165) is 11.4 Å². The molecular weight excluding hydrogens is 198 g/mol. The number of H-pyrrole nitrogens is 1. The van der Waals surface area contributed by atoms with Gasteiger partial charge in [0.15, 0.2) is 5.82 Å². The molecule has 0 atom stereocenters. The van der Waals surface area contributed by atoms with Crippen molar-refractivity contribution < 1.29 is 5.11 Å². The predicted octanol–water partition coefficient (Wildman–Crippen LogP) is 2.36. The quantitative estimate of drug-likeness (QED) is 0.798. The summed E-state index contributed by atoms with van der Waals surface area (Å²) in [5, 5.41) is 11.4. The summed E-state index contributed by atoms with van der Waals surface area (Å²) in [4.78, 5) is 11.2. The van der Waals surface area contributed by atoms with Crippen LogP contribution in [0.5, 0.6) is 5.88 Å². The molecule has 0 spiro atoms. The summed E-state index contributed by atoms with van der Waals surface area (Å²) in [6.07, 6.45) is 0. The van der Waals surface area contributed by atoms with Crippen LogP contribution in [-0.2, 0) is 0 Å². The molecule has 0 aliphatic heterocycles. The van der Waals surface area contributed by atoms with Crippen LogP contribution >= 0.6 is 11.3 Å². The van der Waals surface area contributed by atoms with Gasteiger partial charge < -0.3 is 10.1 Å². The molecule has 2 aromatic rings. The Hall–Kier alpha value is -1.36. The number of hydrogen-bond donors (Lipinski definition) is 2. The van der Waals surface area contributed by atoms with Gasteiger partial charge >= 0.3 is 0 Å². The Morgan fingerprint density at radius 2 is 2.29 bits per heavy atom. The third-order valence-corrected chi connectivity index (χ3v) is 2.55. The fourth-order valence-electron chi connectivity index (χ4n) is 1.23. The van der Waals surface area contributed by atoms with Crippen molar-refractivity contribution in [2.75, 3.05) is 0 Å². The van der Waals surface area contributed by atoms with E-state index in [1.807, 2.05) is 19.2 Å². The van der Waals surface area contributed by atoms with Crippen molar-refractivity contribution in [2.24, 2.45) is 0 Å². The number of nitrogens with one attached hydrogen (secondary N) is 1. The Morgan fingerprint density at radius 3 is 2.79 bits per heavy atom. The van der Waals surface area contributed by atoms with Gasteiger partial charge in [-0.25, -0.2) is 4.98 Å². The lowest BCUT2D eigenvalue weighted by molar-refractivity contribution is 0.446. The Labute approximate surface area is 85.7 Å². The second-order valence-corrected chi connectivity index (χ2v) is 4.07. The van der Waals surface area contributed by atoms with E-state index in [2.05, 4.69) is 15.0 Å². The molecule has 0 amide bonds. The van der Waals surface area contributed by atoms with E-state index >= 15 is 0 Å². The van der Waals surface area contributed by atoms with E-state index in [-0.39, 0.29) is 11.8 Å². The number of aromatic amines is 1. The minimum Gasteiger partial charge on any atom is -0.492 e. The molecule has 0 aliphatic rings. The molecule has 14 heavy (non-hydrogen) atoms. The first-order chi connectivity index (χ1) is 6.68. The summed E-state index contributed by atoms with van der Waals surface area (Å²) >= 11 is 1.51. The zero-order valence-corrected chi connectivity index (χ0v) is 8.80. The highest BCUT2D eigenvalue weighted by molar-refractivity contribution is 7.07. The average Bonchev–Trinajstić information content (AvgIpc) is 2.70. The van der Waals surface area contributed by atoms with Gasteiger partial charge in [0.05, 0.1) is 11.2 Å². The molecule has 0 saturated heterocycles. The predicted molar refractivity (Wildman–Crippen MR) is 55.4 cm³/mol. The average molecular weight is 209 g/mol. The van der Waals surface area contributed by atoms with Crippen LogP contribution in [0.2, 0.25) is 0 Å². The van der Waals surface area contributed by atoms with Crippen LogP contribution in [0.15, 0.2) is 10.9 Å². The van der Waals surface area contributed by atoms with Crippen LogP contribution in [0.25, 0.3) is 11.5 Å². The number of imidazole rings is 1. The summed E-state index contributed by atoms with van der Waals surface area (Å²) in [6, 6.07) is 0.